The molecule has 1 amide bonds. The van der Waals surface area contributed by atoms with Gasteiger partial charge in [0.15, 0.2) is 0 Å². The standard InChI is InChI=1S/C25H26N2O2/c1-17-6-8-20(9-7-17)25(11-12-25)24(29)27-15-19(23(28)16-27)14-18-10-13-26-22-5-3-2-4-21(18)22/h2-10,13,19,23,28H,11-12,14-16H2,1H3/t19-,23-/m1/s1. The minimum absolute atomic E-state index is 0.0542. The number of aliphatic hydroxyl groups is 1. The number of benzene rings is 2. The number of carbonyl (C=O) groups is 1. The molecule has 2 aromatic carbocycles. The van der Waals surface area contributed by atoms with Crippen molar-refractivity contribution in [2.24, 2.45) is 5.92 Å². The second-order valence-corrected chi connectivity index (χ2v) is 8.68. The van der Waals surface area contributed by atoms with Gasteiger partial charge in [-0.25, -0.2) is 0 Å². The van der Waals surface area contributed by atoms with E-state index in [1.807, 2.05) is 35.4 Å². The van der Waals surface area contributed by atoms with Crippen molar-refractivity contribution in [1.82, 2.24) is 9.88 Å². The van der Waals surface area contributed by atoms with Crippen molar-refractivity contribution in [2.75, 3.05) is 13.1 Å². The van der Waals surface area contributed by atoms with Gasteiger partial charge in [-0.2, -0.15) is 0 Å². The third kappa shape index (κ3) is 3.22. The number of hydrogen-bond acceptors (Lipinski definition) is 3. The van der Waals surface area contributed by atoms with Gasteiger partial charge in [0.25, 0.3) is 0 Å². The second-order valence-electron chi connectivity index (χ2n) is 8.68. The highest BCUT2D eigenvalue weighted by Crippen LogP contribution is 2.50. The minimum Gasteiger partial charge on any atom is -0.391 e. The van der Waals surface area contributed by atoms with Crippen molar-refractivity contribution in [3.8, 4) is 0 Å². The predicted molar refractivity (Wildman–Crippen MR) is 114 cm³/mol. The minimum atomic E-state index is -0.486. The quantitative estimate of drug-likeness (QED) is 0.745. The molecule has 2 atom stereocenters. The largest absolute Gasteiger partial charge is 0.391 e. The number of fused-ring (bicyclic) bond motifs is 1. The average Bonchev–Trinajstić information content (AvgIpc) is 3.47. The number of aliphatic hydroxyl groups excluding tert-OH is 1. The van der Waals surface area contributed by atoms with E-state index in [-0.39, 0.29) is 17.2 Å². The molecule has 4 heteroatoms. The molecule has 29 heavy (non-hydrogen) atoms. The molecule has 1 aliphatic heterocycles. The summed E-state index contributed by atoms with van der Waals surface area (Å²) in [5.74, 6) is 0.237. The van der Waals surface area contributed by atoms with Gasteiger partial charge in [-0.1, -0.05) is 48.0 Å². The van der Waals surface area contributed by atoms with Crippen LogP contribution in [0.2, 0.25) is 0 Å². The van der Waals surface area contributed by atoms with Crippen LogP contribution < -0.4 is 0 Å². The third-order valence-corrected chi connectivity index (χ3v) is 6.68. The summed E-state index contributed by atoms with van der Waals surface area (Å²) >= 11 is 0. The summed E-state index contributed by atoms with van der Waals surface area (Å²) in [7, 11) is 0. The molecule has 2 aliphatic rings. The predicted octanol–water partition coefficient (Wildman–Crippen LogP) is 3.64. The van der Waals surface area contributed by atoms with Gasteiger partial charge in [0.1, 0.15) is 0 Å². The fraction of sp³-hybridized carbons (Fsp3) is 0.360. The summed E-state index contributed by atoms with van der Waals surface area (Å²) in [6.45, 7) is 3.11. The van der Waals surface area contributed by atoms with Crippen LogP contribution in [-0.4, -0.2) is 40.1 Å². The lowest BCUT2D eigenvalue weighted by atomic mass is 9.93. The Morgan fingerprint density at radius 2 is 1.86 bits per heavy atom. The first-order valence-electron chi connectivity index (χ1n) is 10.4. The number of pyridine rings is 1. The highest BCUT2D eigenvalue weighted by Gasteiger charge is 2.54. The maximum Gasteiger partial charge on any atom is 0.233 e. The molecule has 0 spiro atoms. The van der Waals surface area contributed by atoms with Crippen LogP contribution in [0.15, 0.2) is 60.8 Å². The number of hydrogen-bond donors (Lipinski definition) is 1. The Bertz CT molecular complexity index is 1050. The third-order valence-electron chi connectivity index (χ3n) is 6.68. The Hall–Kier alpha value is -2.72. The van der Waals surface area contributed by atoms with Gasteiger partial charge in [-0.3, -0.25) is 9.78 Å². The maximum atomic E-state index is 13.4. The van der Waals surface area contributed by atoms with E-state index in [1.54, 1.807) is 0 Å². The lowest BCUT2D eigenvalue weighted by Crippen LogP contribution is -2.38. The van der Waals surface area contributed by atoms with Gasteiger partial charge in [0, 0.05) is 30.6 Å². The number of aromatic nitrogens is 1. The molecule has 0 radical (unpaired) electrons. The molecule has 1 saturated heterocycles. The molecule has 1 aliphatic carbocycles. The fourth-order valence-electron chi connectivity index (χ4n) is 4.76. The molecule has 1 saturated carbocycles. The van der Waals surface area contributed by atoms with Gasteiger partial charge in [0.05, 0.1) is 17.0 Å². The Morgan fingerprint density at radius 1 is 1.10 bits per heavy atom. The van der Waals surface area contributed by atoms with Crippen LogP contribution in [0.25, 0.3) is 10.9 Å². The van der Waals surface area contributed by atoms with Crippen LogP contribution in [0.4, 0.5) is 0 Å². The van der Waals surface area contributed by atoms with Crippen molar-refractivity contribution in [3.63, 3.8) is 0 Å². The van der Waals surface area contributed by atoms with Crippen molar-refractivity contribution >= 4 is 16.8 Å². The normalized spacial score (nSPS) is 22.8. The smallest absolute Gasteiger partial charge is 0.233 e. The molecule has 1 aromatic heterocycles. The van der Waals surface area contributed by atoms with E-state index < -0.39 is 6.10 Å². The first-order chi connectivity index (χ1) is 14.1. The zero-order chi connectivity index (χ0) is 20.0. The van der Waals surface area contributed by atoms with Gasteiger partial charge in [-0.15, -0.1) is 0 Å². The molecule has 0 bridgehead atoms. The highest BCUT2D eigenvalue weighted by atomic mass is 16.3. The number of carbonyl (C=O) groups excluding carboxylic acids is 1. The summed E-state index contributed by atoms with van der Waals surface area (Å²) < 4.78 is 0. The van der Waals surface area contributed by atoms with Crippen LogP contribution >= 0.6 is 0 Å². The highest BCUT2D eigenvalue weighted by molar-refractivity contribution is 5.91. The average molecular weight is 386 g/mol. The number of likely N-dealkylation sites (tertiary alicyclic amines) is 1. The number of aryl methyl sites for hydroxylation is 1. The zero-order valence-electron chi connectivity index (χ0n) is 16.7. The lowest BCUT2D eigenvalue weighted by Gasteiger charge is -2.23. The summed E-state index contributed by atoms with van der Waals surface area (Å²) in [6, 6.07) is 18.5. The molecule has 5 rings (SSSR count). The van der Waals surface area contributed by atoms with Crippen molar-refractivity contribution in [2.45, 2.75) is 37.7 Å². The van der Waals surface area contributed by atoms with Gasteiger partial charge >= 0.3 is 0 Å². The summed E-state index contributed by atoms with van der Waals surface area (Å²) in [5.41, 5.74) is 4.12. The monoisotopic (exact) mass is 386 g/mol. The van der Waals surface area contributed by atoms with E-state index in [4.69, 9.17) is 0 Å². The molecule has 0 unspecified atom stereocenters. The molecule has 2 fully saturated rings. The molecule has 1 N–H and O–H groups in total. The number of nitrogens with zero attached hydrogens (tertiary/aromatic N) is 2. The molecule has 2 heterocycles. The van der Waals surface area contributed by atoms with E-state index in [0.717, 1.165) is 35.7 Å². The SMILES string of the molecule is Cc1ccc(C2(C(=O)N3C[C@@H](Cc4ccnc5ccccc45)[C@H](O)C3)CC2)cc1. The van der Waals surface area contributed by atoms with Crippen molar-refractivity contribution in [3.05, 3.63) is 77.5 Å². The summed E-state index contributed by atoms with van der Waals surface area (Å²) in [4.78, 5) is 19.7. The van der Waals surface area contributed by atoms with E-state index in [1.165, 1.54) is 11.1 Å². The van der Waals surface area contributed by atoms with E-state index >= 15 is 0 Å². The van der Waals surface area contributed by atoms with Gasteiger partial charge in [0.2, 0.25) is 5.91 Å². The number of para-hydroxylation sites is 1. The number of rotatable bonds is 4. The Kier molecular flexibility index (Phi) is 4.39. The van der Waals surface area contributed by atoms with E-state index in [9.17, 15) is 9.90 Å². The Labute approximate surface area is 171 Å². The zero-order valence-corrected chi connectivity index (χ0v) is 16.7. The van der Waals surface area contributed by atoms with Gasteiger partial charge < -0.3 is 10.0 Å². The Balaban J connectivity index is 1.34. The van der Waals surface area contributed by atoms with Gasteiger partial charge in [-0.05, 0) is 49.4 Å². The maximum absolute atomic E-state index is 13.4. The molecule has 148 valence electrons. The number of amides is 1. The van der Waals surface area contributed by atoms with Crippen LogP contribution in [-0.2, 0) is 16.6 Å². The summed E-state index contributed by atoms with van der Waals surface area (Å²) in [5, 5.41) is 11.9. The van der Waals surface area contributed by atoms with Crippen LogP contribution in [0.1, 0.15) is 29.5 Å². The first kappa shape index (κ1) is 18.3. The fourth-order valence-corrected chi connectivity index (χ4v) is 4.76. The molecular weight excluding hydrogens is 360 g/mol. The van der Waals surface area contributed by atoms with Crippen molar-refractivity contribution in [1.29, 1.82) is 0 Å². The van der Waals surface area contributed by atoms with Crippen LogP contribution in [0.3, 0.4) is 0 Å². The Morgan fingerprint density at radius 3 is 2.62 bits per heavy atom. The first-order valence-corrected chi connectivity index (χ1v) is 10.4. The van der Waals surface area contributed by atoms with E-state index in [0.29, 0.717) is 13.1 Å². The van der Waals surface area contributed by atoms with Crippen LogP contribution in [0, 0.1) is 12.8 Å². The summed E-state index contributed by atoms with van der Waals surface area (Å²) in [6.07, 6.45) is 3.91. The topological polar surface area (TPSA) is 53.4 Å². The van der Waals surface area contributed by atoms with Crippen molar-refractivity contribution < 1.29 is 9.90 Å². The second kappa shape index (κ2) is 6.96. The molecule has 3 aromatic rings. The lowest BCUT2D eigenvalue weighted by molar-refractivity contribution is -0.133. The number of β-amino-alcohol motifs (C(OH)–C–C–N with tert-alkyl or cyclic N) is 1. The van der Waals surface area contributed by atoms with Crippen LogP contribution in [0.5, 0.6) is 0 Å². The molecule has 4 nitrogen and oxygen atoms in total. The van der Waals surface area contributed by atoms with E-state index in [2.05, 4.69) is 42.2 Å². The molecular formula is C25H26N2O2.